The zero-order valence-corrected chi connectivity index (χ0v) is 23.5. The number of carbonyl (C=O) groups excluding carboxylic acids is 1. The van der Waals surface area contributed by atoms with Crippen molar-refractivity contribution in [2.75, 3.05) is 30.4 Å². The van der Waals surface area contributed by atoms with Crippen LogP contribution in [0.4, 0.5) is 11.4 Å². The van der Waals surface area contributed by atoms with Crippen LogP contribution in [0.2, 0.25) is 0 Å². The number of ether oxygens (including phenoxy) is 1. The first-order valence-corrected chi connectivity index (χ1v) is 14.9. The highest BCUT2D eigenvalue weighted by Gasteiger charge is 2.77. The van der Waals surface area contributed by atoms with Crippen molar-refractivity contribution in [2.24, 2.45) is 0 Å². The van der Waals surface area contributed by atoms with E-state index in [1.807, 2.05) is 0 Å². The molecule has 6 aliphatic heterocycles. The third-order valence-corrected chi connectivity index (χ3v) is 11.2. The maximum absolute atomic E-state index is 14.1. The highest BCUT2D eigenvalue weighted by molar-refractivity contribution is 5.81. The van der Waals surface area contributed by atoms with Gasteiger partial charge in [0, 0.05) is 36.9 Å². The predicted molar refractivity (Wildman–Crippen MR) is 151 cm³/mol. The Kier molecular flexibility index (Phi) is 4.82. The fourth-order valence-corrected chi connectivity index (χ4v) is 9.74. The number of para-hydroxylation sites is 1. The lowest BCUT2D eigenvalue weighted by molar-refractivity contribution is -0.144. The first-order chi connectivity index (χ1) is 18.8. The van der Waals surface area contributed by atoms with Gasteiger partial charge in [-0.1, -0.05) is 43.7 Å². The number of piperidine rings is 1. The van der Waals surface area contributed by atoms with Crippen LogP contribution in [0.15, 0.2) is 42.5 Å². The molecule has 3 saturated heterocycles. The van der Waals surface area contributed by atoms with Gasteiger partial charge in [0.05, 0.1) is 35.7 Å². The average Bonchev–Trinajstić information content (AvgIpc) is 3.31. The molecule has 2 aromatic carbocycles. The Morgan fingerprint density at radius 3 is 2.67 bits per heavy atom. The van der Waals surface area contributed by atoms with E-state index in [0.717, 1.165) is 25.8 Å². The molecule has 1 amide bonds. The molecule has 39 heavy (non-hydrogen) atoms. The molecule has 2 aromatic rings. The molecular weight excluding hydrogens is 488 g/mol. The van der Waals surface area contributed by atoms with Crippen molar-refractivity contribution in [1.82, 2.24) is 9.80 Å². The van der Waals surface area contributed by atoms with Gasteiger partial charge in [-0.2, -0.15) is 0 Å². The summed E-state index contributed by atoms with van der Waals surface area (Å²) in [4.78, 5) is 21.4. The molecule has 8 unspecified atom stereocenters. The number of hydrogen-bond donors (Lipinski definition) is 2. The lowest BCUT2D eigenvalue weighted by Gasteiger charge is -2.62. The van der Waals surface area contributed by atoms with Crippen molar-refractivity contribution in [3.8, 4) is 0 Å². The number of aliphatic hydroxyl groups excluding tert-OH is 1. The number of nitrogens with one attached hydrogen (secondary N) is 1. The molecule has 8 atom stereocenters. The third kappa shape index (κ3) is 2.77. The first kappa shape index (κ1) is 24.2. The minimum atomic E-state index is -0.592. The van der Waals surface area contributed by atoms with E-state index in [1.54, 1.807) is 0 Å². The van der Waals surface area contributed by atoms with Gasteiger partial charge in [0.1, 0.15) is 12.3 Å². The topological polar surface area (TPSA) is 71.6 Å². The molecule has 2 bridgehead atoms. The number of likely N-dealkylation sites (N-methyl/N-ethyl adjacent to an activating group) is 1. The quantitative estimate of drug-likeness (QED) is 0.570. The zero-order valence-electron chi connectivity index (χ0n) is 23.5. The lowest BCUT2D eigenvalue weighted by Crippen LogP contribution is -2.73. The van der Waals surface area contributed by atoms with Crippen LogP contribution in [0.1, 0.15) is 75.6 Å². The van der Waals surface area contributed by atoms with E-state index in [1.165, 1.54) is 28.1 Å². The molecule has 6 aliphatic rings. The van der Waals surface area contributed by atoms with Crippen LogP contribution in [0.25, 0.3) is 0 Å². The molecule has 3 fully saturated rings. The minimum Gasteiger partial charge on any atom is -0.393 e. The van der Waals surface area contributed by atoms with Gasteiger partial charge in [-0.05, 0) is 61.9 Å². The molecule has 0 aromatic heterocycles. The summed E-state index contributed by atoms with van der Waals surface area (Å²) < 4.78 is 6.43. The minimum absolute atomic E-state index is 0.0761. The number of nitrogens with zero attached hydrogens (tertiary/aromatic N) is 3. The number of hydrogen-bond acceptors (Lipinski definition) is 6. The van der Waals surface area contributed by atoms with E-state index in [-0.39, 0.29) is 53.2 Å². The van der Waals surface area contributed by atoms with Gasteiger partial charge >= 0.3 is 0 Å². The zero-order chi connectivity index (χ0) is 26.9. The van der Waals surface area contributed by atoms with Crippen LogP contribution in [-0.2, 0) is 20.4 Å². The van der Waals surface area contributed by atoms with Crippen LogP contribution in [0.3, 0.4) is 0 Å². The summed E-state index contributed by atoms with van der Waals surface area (Å²) in [7, 11) is 2.24. The number of carbonyl (C=O) groups is 1. The second-order valence-corrected chi connectivity index (χ2v) is 13.3. The van der Waals surface area contributed by atoms with Crippen LogP contribution in [0, 0.1) is 0 Å². The largest absolute Gasteiger partial charge is 0.393 e. The van der Waals surface area contributed by atoms with E-state index in [0.29, 0.717) is 13.0 Å². The number of likely N-dealkylation sites (tertiary alicyclic amines) is 1. The molecule has 0 aliphatic carbocycles. The van der Waals surface area contributed by atoms with Crippen LogP contribution >= 0.6 is 0 Å². The Morgan fingerprint density at radius 2 is 1.90 bits per heavy atom. The normalized spacial score (nSPS) is 38.4. The monoisotopic (exact) mass is 528 g/mol. The molecule has 6 heterocycles. The van der Waals surface area contributed by atoms with E-state index >= 15 is 0 Å². The van der Waals surface area contributed by atoms with Gasteiger partial charge in [-0.15, -0.1) is 0 Å². The fraction of sp³-hybridized carbons (Fsp3) is 0.594. The maximum Gasteiger partial charge on any atom is 0.226 e. The van der Waals surface area contributed by atoms with Gasteiger partial charge in [-0.25, -0.2) is 0 Å². The molecule has 8 rings (SSSR count). The molecule has 206 valence electrons. The van der Waals surface area contributed by atoms with Crippen molar-refractivity contribution < 1.29 is 14.6 Å². The Morgan fingerprint density at radius 1 is 1.13 bits per heavy atom. The van der Waals surface area contributed by atoms with Crippen LogP contribution in [0.5, 0.6) is 0 Å². The number of amides is 1. The molecule has 0 radical (unpaired) electrons. The summed E-state index contributed by atoms with van der Waals surface area (Å²) in [6.07, 6.45) is 3.19. The second-order valence-electron chi connectivity index (χ2n) is 13.3. The van der Waals surface area contributed by atoms with Gasteiger partial charge in [-0.3, -0.25) is 9.69 Å². The van der Waals surface area contributed by atoms with E-state index in [9.17, 15) is 9.90 Å². The van der Waals surface area contributed by atoms with Crippen molar-refractivity contribution in [1.29, 1.82) is 0 Å². The summed E-state index contributed by atoms with van der Waals surface area (Å²) in [6.45, 7) is 8.09. The van der Waals surface area contributed by atoms with E-state index in [2.05, 4.69) is 90.3 Å². The number of epoxide rings is 1. The Labute approximate surface area is 231 Å². The summed E-state index contributed by atoms with van der Waals surface area (Å²) >= 11 is 0. The van der Waals surface area contributed by atoms with Crippen molar-refractivity contribution in [3.05, 3.63) is 59.2 Å². The fourth-order valence-electron chi connectivity index (χ4n) is 9.74. The van der Waals surface area contributed by atoms with Crippen molar-refractivity contribution in [3.63, 3.8) is 0 Å². The molecular formula is C32H40N4O3. The highest BCUT2D eigenvalue weighted by atomic mass is 16.6. The molecule has 0 saturated carbocycles. The van der Waals surface area contributed by atoms with E-state index in [4.69, 9.17) is 4.74 Å². The standard InChI is InChI=1S/C32H40N4O3/c1-5-9-19(37)18-24(38)35-16-14-31-21-11-6-7-12-22(21)33-28-32(31)15-17-36(29(31)35)26(27-30(2,3)39-27)20-10-8-13-23(25(20)32)34(28)4/h6-8,10-13,19,26-29,33,37H,5,9,14-18H2,1-4H3. The van der Waals surface area contributed by atoms with Gasteiger partial charge in [0.15, 0.2) is 0 Å². The number of rotatable bonds is 5. The third-order valence-electron chi connectivity index (χ3n) is 11.2. The number of fused-ring (bicyclic) bond motifs is 1. The van der Waals surface area contributed by atoms with Crippen molar-refractivity contribution >= 4 is 17.3 Å². The maximum atomic E-state index is 14.1. The van der Waals surface area contributed by atoms with Gasteiger partial charge in [0.25, 0.3) is 0 Å². The van der Waals surface area contributed by atoms with Crippen molar-refractivity contribution in [2.45, 2.75) is 99.9 Å². The van der Waals surface area contributed by atoms with Crippen LogP contribution < -0.4 is 10.2 Å². The number of anilines is 2. The summed E-state index contributed by atoms with van der Waals surface area (Å²) in [5, 5.41) is 14.7. The summed E-state index contributed by atoms with van der Waals surface area (Å²) in [5.74, 6) is 0.0831. The van der Waals surface area contributed by atoms with Crippen LogP contribution in [-0.4, -0.2) is 71.1 Å². The Bertz CT molecular complexity index is 1380. The molecule has 2 N–H and O–H groups in total. The molecule has 7 nitrogen and oxygen atoms in total. The highest BCUT2D eigenvalue weighted by Crippen LogP contribution is 2.72. The smallest absolute Gasteiger partial charge is 0.226 e. The molecule has 7 heteroatoms. The summed E-state index contributed by atoms with van der Waals surface area (Å²) in [5.41, 5.74) is 6.06. The summed E-state index contributed by atoms with van der Waals surface area (Å²) in [6, 6.07) is 15.8. The SMILES string of the molecule is CCCC(O)CC(=O)N1CCC23c4ccccc4NC4N(C)c5cccc6c5C42CCN(C6C2OC2(C)C)C13. The predicted octanol–water partition coefficient (Wildman–Crippen LogP) is 4.11. The number of benzene rings is 2. The van der Waals surface area contributed by atoms with Gasteiger partial charge < -0.3 is 25.0 Å². The Hall–Kier alpha value is -2.61. The second kappa shape index (κ2) is 7.77. The van der Waals surface area contributed by atoms with E-state index < -0.39 is 6.10 Å². The molecule has 2 spiro atoms. The first-order valence-electron chi connectivity index (χ1n) is 14.9. The van der Waals surface area contributed by atoms with Gasteiger partial charge in [0.2, 0.25) is 5.91 Å². The lowest BCUT2D eigenvalue weighted by atomic mass is 9.50. The number of aliphatic hydroxyl groups is 1. The average molecular weight is 529 g/mol. The Balaban J connectivity index is 1.40.